The van der Waals surface area contributed by atoms with Gasteiger partial charge >= 0.3 is 5.69 Å². The first-order valence-electron chi connectivity index (χ1n) is 19.4. The highest BCUT2D eigenvalue weighted by molar-refractivity contribution is 7.73. The van der Waals surface area contributed by atoms with Crippen LogP contribution >= 0.6 is 15.8 Å². The molecule has 1 saturated heterocycles. The Labute approximate surface area is 335 Å². The number of aryl methyl sites for hydroxylation is 1. The maximum atomic E-state index is 14.1. The fraction of sp³-hybridized carbons (Fsp3) is 0.318. The molecule has 0 aliphatic carbocycles. The quantitative estimate of drug-likeness (QED) is 0.0740. The van der Waals surface area contributed by atoms with Gasteiger partial charge in [0.1, 0.15) is 12.3 Å². The predicted molar refractivity (Wildman–Crippen MR) is 228 cm³/mol. The van der Waals surface area contributed by atoms with Crippen molar-refractivity contribution in [3.05, 3.63) is 154 Å². The van der Waals surface area contributed by atoms with E-state index in [-0.39, 0.29) is 50.6 Å². The van der Waals surface area contributed by atoms with E-state index in [1.54, 1.807) is 0 Å². The van der Waals surface area contributed by atoms with Crippen LogP contribution in [0, 0.1) is 0 Å². The molecule has 0 radical (unpaired) electrons. The van der Waals surface area contributed by atoms with Crippen LogP contribution in [0.2, 0.25) is 0 Å². The lowest BCUT2D eigenvalue weighted by Crippen LogP contribution is -2.38. The third kappa shape index (κ3) is 11.7. The van der Waals surface area contributed by atoms with Gasteiger partial charge in [0.25, 0.3) is 5.56 Å². The number of carbonyl (C=O) groups excluding carboxylic acids is 2. The molecule has 0 bridgehead atoms. The molecule has 5 aromatic rings. The van der Waals surface area contributed by atoms with Crippen LogP contribution in [-0.2, 0) is 20.7 Å². The van der Waals surface area contributed by atoms with E-state index in [4.69, 9.17) is 4.74 Å². The molecule has 57 heavy (non-hydrogen) atoms. The lowest BCUT2D eigenvalue weighted by molar-refractivity contribution is -0.133. The predicted octanol–water partition coefficient (Wildman–Crippen LogP) is 3.10. The minimum Gasteiger partial charge on any atom is -0.394 e. The number of hydrogen-bond acceptors (Lipinski definition) is 7. The van der Waals surface area contributed by atoms with E-state index in [2.05, 4.69) is 107 Å². The van der Waals surface area contributed by atoms with Crippen molar-refractivity contribution in [2.45, 2.75) is 50.5 Å². The lowest BCUT2D eigenvalue weighted by atomic mass is 10.1. The SMILES string of the molecule is O=C(CCC(=O)N(CCP(c1ccccc1)c1ccccc1)CCP(c1ccccc1)c1ccccc1)NCCCc1cn([C@H]2C[C@H](O)[C@@H](CO)O2)c(=O)[nH]c1=O. The summed E-state index contributed by atoms with van der Waals surface area (Å²) in [7, 11) is -1.45. The summed E-state index contributed by atoms with van der Waals surface area (Å²) in [5, 5.41) is 27.4. The van der Waals surface area contributed by atoms with E-state index in [1.165, 1.54) is 32.0 Å². The molecule has 4 aromatic carbocycles. The third-order valence-corrected chi connectivity index (χ3v) is 15.0. The molecule has 6 rings (SSSR count). The first-order chi connectivity index (χ1) is 27.8. The molecule has 11 nitrogen and oxygen atoms in total. The Hall–Kier alpha value is -4.76. The monoisotopic (exact) mass is 808 g/mol. The minimum atomic E-state index is -0.931. The number of carbonyl (C=O) groups is 2. The van der Waals surface area contributed by atoms with Crippen LogP contribution in [0.25, 0.3) is 0 Å². The Bertz CT molecular complexity index is 1970. The molecule has 1 aliphatic rings. The number of ether oxygens (including phenoxy) is 1. The normalized spacial score (nSPS) is 16.5. The Balaban J connectivity index is 1.09. The average molecular weight is 809 g/mol. The highest BCUT2D eigenvalue weighted by Crippen LogP contribution is 2.35. The zero-order chi connectivity index (χ0) is 40.0. The van der Waals surface area contributed by atoms with Crippen LogP contribution in [0.4, 0.5) is 0 Å². The molecular weight excluding hydrogens is 758 g/mol. The van der Waals surface area contributed by atoms with E-state index in [0.29, 0.717) is 25.1 Å². The molecule has 1 aromatic heterocycles. The number of rotatable bonds is 19. The smallest absolute Gasteiger partial charge is 0.330 e. The Kier molecular flexibility index (Phi) is 15.5. The standard InChI is InChI=1S/C44H50N4O7P2/c49-32-39-38(50)30-42(55-39)48-31-33(43(53)46-44(48)54)14-13-25-45-40(51)23-24-41(52)47(26-28-56(34-15-5-1-6-16-34)35-17-7-2-8-18-35)27-29-57(36-19-9-3-10-20-36)37-21-11-4-12-22-37/h1-12,15-22,31,38-39,42,49-50H,13-14,23-30,32H2,(H,45,51)(H,46,53,54)/t38-,39+,42+/m0/s1. The van der Waals surface area contributed by atoms with Gasteiger partial charge in [-0.05, 0) is 62.2 Å². The summed E-state index contributed by atoms with van der Waals surface area (Å²) >= 11 is 0. The van der Waals surface area contributed by atoms with E-state index >= 15 is 0 Å². The first-order valence-corrected chi connectivity index (χ1v) is 22.4. The van der Waals surface area contributed by atoms with Crippen LogP contribution in [0.1, 0.15) is 37.5 Å². The summed E-state index contributed by atoms with van der Waals surface area (Å²) in [6, 6.07) is 41.8. The van der Waals surface area contributed by atoms with Crippen LogP contribution in [0.15, 0.2) is 137 Å². The van der Waals surface area contributed by atoms with Gasteiger partial charge in [0.2, 0.25) is 11.8 Å². The van der Waals surface area contributed by atoms with Gasteiger partial charge in [0.05, 0.1) is 12.7 Å². The van der Waals surface area contributed by atoms with Gasteiger partial charge in [-0.2, -0.15) is 0 Å². The number of benzene rings is 4. The van der Waals surface area contributed by atoms with Crippen LogP contribution < -0.4 is 37.8 Å². The molecule has 4 N–H and O–H groups in total. The van der Waals surface area contributed by atoms with Crippen molar-refractivity contribution in [2.75, 3.05) is 38.6 Å². The number of aromatic amines is 1. The fourth-order valence-electron chi connectivity index (χ4n) is 6.99. The minimum absolute atomic E-state index is 0.0342. The highest BCUT2D eigenvalue weighted by Gasteiger charge is 2.35. The largest absolute Gasteiger partial charge is 0.394 e. The van der Waals surface area contributed by atoms with Crippen LogP contribution in [-0.4, -0.2) is 87.3 Å². The second-order valence-corrected chi connectivity index (χ2v) is 18.6. The Morgan fingerprint density at radius 1 is 0.772 bits per heavy atom. The number of aliphatic hydroxyl groups excluding tert-OH is 2. The molecular formula is C44H50N4O7P2. The average Bonchev–Trinajstić information content (AvgIpc) is 3.62. The van der Waals surface area contributed by atoms with Crippen molar-refractivity contribution in [1.29, 1.82) is 0 Å². The molecule has 298 valence electrons. The van der Waals surface area contributed by atoms with Crippen molar-refractivity contribution in [2.24, 2.45) is 0 Å². The van der Waals surface area contributed by atoms with Gasteiger partial charge in [-0.15, -0.1) is 0 Å². The number of amides is 2. The van der Waals surface area contributed by atoms with Gasteiger partial charge < -0.3 is 25.2 Å². The van der Waals surface area contributed by atoms with E-state index in [9.17, 15) is 29.4 Å². The number of H-pyrrole nitrogens is 1. The summed E-state index contributed by atoms with van der Waals surface area (Å²) in [5.41, 5.74) is -0.867. The molecule has 13 heteroatoms. The van der Waals surface area contributed by atoms with Gasteiger partial charge in [0.15, 0.2) is 0 Å². The first kappa shape index (κ1) is 41.9. The summed E-state index contributed by atoms with van der Waals surface area (Å²) in [6.07, 6.45) is 1.34. The number of hydrogen-bond donors (Lipinski definition) is 4. The molecule has 0 unspecified atom stereocenters. The van der Waals surface area contributed by atoms with Crippen molar-refractivity contribution in [1.82, 2.24) is 19.8 Å². The Morgan fingerprint density at radius 3 is 1.72 bits per heavy atom. The van der Waals surface area contributed by atoms with Gasteiger partial charge in [-0.1, -0.05) is 121 Å². The molecule has 1 fully saturated rings. The van der Waals surface area contributed by atoms with E-state index < -0.39 is 45.5 Å². The summed E-state index contributed by atoms with van der Waals surface area (Å²) in [6.45, 7) is 1.01. The lowest BCUT2D eigenvalue weighted by Gasteiger charge is -2.28. The summed E-state index contributed by atoms with van der Waals surface area (Å²) in [4.78, 5) is 56.4. The van der Waals surface area contributed by atoms with Gasteiger partial charge in [-0.3, -0.25) is 23.9 Å². The second-order valence-electron chi connectivity index (χ2n) is 13.9. The maximum Gasteiger partial charge on any atom is 0.330 e. The molecule has 0 spiro atoms. The van der Waals surface area contributed by atoms with E-state index in [0.717, 1.165) is 12.3 Å². The molecule has 2 amide bonds. The van der Waals surface area contributed by atoms with Gasteiger partial charge in [-0.25, -0.2) is 4.79 Å². The van der Waals surface area contributed by atoms with Crippen molar-refractivity contribution in [3.63, 3.8) is 0 Å². The summed E-state index contributed by atoms with van der Waals surface area (Å²) < 4.78 is 6.81. The number of aliphatic hydroxyl groups is 2. The van der Waals surface area contributed by atoms with E-state index in [1.807, 2.05) is 29.2 Å². The third-order valence-electron chi connectivity index (χ3n) is 10.1. The second kappa shape index (κ2) is 21.1. The molecule has 2 heterocycles. The number of aromatic nitrogens is 2. The number of nitrogens with zero attached hydrogens (tertiary/aromatic N) is 2. The van der Waals surface area contributed by atoms with Crippen LogP contribution in [0.3, 0.4) is 0 Å². The molecule has 0 saturated carbocycles. The summed E-state index contributed by atoms with van der Waals surface area (Å²) in [5.74, 6) is -0.314. The topological polar surface area (TPSA) is 154 Å². The van der Waals surface area contributed by atoms with Crippen molar-refractivity contribution in [3.8, 4) is 0 Å². The maximum absolute atomic E-state index is 14.1. The van der Waals surface area contributed by atoms with Gasteiger partial charge in [0, 0.05) is 50.7 Å². The highest BCUT2D eigenvalue weighted by atomic mass is 31.1. The zero-order valence-corrected chi connectivity index (χ0v) is 33.6. The Morgan fingerprint density at radius 2 is 1.26 bits per heavy atom. The van der Waals surface area contributed by atoms with Crippen molar-refractivity contribution >= 4 is 48.9 Å². The number of nitrogens with one attached hydrogen (secondary N) is 2. The molecule has 1 aliphatic heterocycles. The van der Waals surface area contributed by atoms with Crippen LogP contribution in [0.5, 0.6) is 0 Å². The fourth-order valence-corrected chi connectivity index (χ4v) is 11.6. The van der Waals surface area contributed by atoms with Crippen molar-refractivity contribution < 1.29 is 24.5 Å². The molecule has 3 atom stereocenters. The zero-order valence-electron chi connectivity index (χ0n) is 31.9.